The molecule has 0 bridgehead atoms. The molecule has 4 rings (SSSR count). The number of nitrogens with one attached hydrogen (secondary N) is 2. The number of nitrogens with zero attached hydrogens (tertiary/aromatic N) is 4. The highest BCUT2D eigenvalue weighted by molar-refractivity contribution is 5.63. The molecule has 2 aliphatic carbocycles. The van der Waals surface area contributed by atoms with Gasteiger partial charge in [-0.1, -0.05) is 0 Å². The molecule has 0 saturated heterocycles. The lowest BCUT2D eigenvalue weighted by Crippen LogP contribution is -2.38. The molecular formula is C23H29FN6O2. The van der Waals surface area contributed by atoms with Crippen molar-refractivity contribution in [2.45, 2.75) is 50.6 Å². The van der Waals surface area contributed by atoms with Gasteiger partial charge in [-0.05, 0) is 44.6 Å². The Labute approximate surface area is 187 Å². The Morgan fingerprint density at radius 2 is 1.97 bits per heavy atom. The van der Waals surface area contributed by atoms with Crippen LogP contribution in [0.2, 0.25) is 0 Å². The molecule has 170 valence electrons. The molecule has 9 heteroatoms. The Bertz CT molecular complexity index is 954. The largest absolute Gasteiger partial charge is 0.475 e. The van der Waals surface area contributed by atoms with Crippen molar-refractivity contribution in [3.63, 3.8) is 0 Å². The van der Waals surface area contributed by atoms with Gasteiger partial charge in [-0.2, -0.15) is 5.26 Å². The third-order valence-electron chi connectivity index (χ3n) is 6.15. The second-order valence-electron chi connectivity index (χ2n) is 8.61. The number of aromatic nitrogens is 3. The lowest BCUT2D eigenvalue weighted by Gasteiger charge is -2.30. The van der Waals surface area contributed by atoms with Crippen molar-refractivity contribution in [3.05, 3.63) is 30.5 Å². The van der Waals surface area contributed by atoms with Crippen LogP contribution in [0.25, 0.3) is 11.3 Å². The standard InChI is InChI=1S/C23H29FN6O2/c1-31-9-8-27-16-2-4-17(5-3-16)29-21-10-18(19(24)11-28-21)20-12-26-13-22(30-20)32-15-23(14-25)6-7-23/h10-13,16-17,27H,2-9,15H2,1H3,(H,28,29). The van der Waals surface area contributed by atoms with Crippen LogP contribution in [-0.2, 0) is 4.74 Å². The van der Waals surface area contributed by atoms with Gasteiger partial charge in [0.1, 0.15) is 12.4 Å². The fourth-order valence-electron chi connectivity index (χ4n) is 3.93. The summed E-state index contributed by atoms with van der Waals surface area (Å²) < 4.78 is 25.3. The van der Waals surface area contributed by atoms with Gasteiger partial charge < -0.3 is 20.1 Å². The normalized spacial score (nSPS) is 21.5. The molecule has 32 heavy (non-hydrogen) atoms. The maximum atomic E-state index is 14.5. The van der Waals surface area contributed by atoms with Gasteiger partial charge in [-0.25, -0.2) is 14.4 Å². The van der Waals surface area contributed by atoms with Crippen molar-refractivity contribution in [1.82, 2.24) is 20.3 Å². The average Bonchev–Trinajstić information content (AvgIpc) is 3.61. The molecule has 2 aromatic rings. The van der Waals surface area contributed by atoms with E-state index in [1.54, 1.807) is 13.2 Å². The van der Waals surface area contributed by atoms with Crippen molar-refractivity contribution in [2.24, 2.45) is 5.41 Å². The van der Waals surface area contributed by atoms with E-state index in [9.17, 15) is 9.65 Å². The summed E-state index contributed by atoms with van der Waals surface area (Å²) in [4.78, 5) is 12.7. The van der Waals surface area contributed by atoms with Crippen LogP contribution in [0.1, 0.15) is 38.5 Å². The summed E-state index contributed by atoms with van der Waals surface area (Å²) in [5.41, 5.74) is 0.282. The van der Waals surface area contributed by atoms with Crippen LogP contribution >= 0.6 is 0 Å². The first-order valence-corrected chi connectivity index (χ1v) is 11.1. The number of halogens is 1. The quantitative estimate of drug-likeness (QED) is 0.542. The van der Waals surface area contributed by atoms with Crippen molar-refractivity contribution in [3.8, 4) is 23.2 Å². The zero-order valence-electron chi connectivity index (χ0n) is 18.3. The average molecular weight is 441 g/mol. The lowest BCUT2D eigenvalue weighted by molar-refractivity contribution is 0.191. The van der Waals surface area contributed by atoms with Crippen molar-refractivity contribution < 1.29 is 13.9 Å². The molecular weight excluding hydrogens is 411 g/mol. The molecule has 2 aromatic heterocycles. The summed E-state index contributed by atoms with van der Waals surface area (Å²) in [6.45, 7) is 1.86. The second-order valence-corrected chi connectivity index (χ2v) is 8.61. The van der Waals surface area contributed by atoms with E-state index in [1.807, 2.05) is 0 Å². The zero-order valence-corrected chi connectivity index (χ0v) is 18.3. The molecule has 0 spiro atoms. The molecule has 0 aromatic carbocycles. The Balaban J connectivity index is 1.37. The van der Waals surface area contributed by atoms with Gasteiger partial charge in [0, 0.05) is 31.3 Å². The molecule has 2 N–H and O–H groups in total. The maximum Gasteiger partial charge on any atom is 0.232 e. The molecule has 2 heterocycles. The van der Waals surface area contributed by atoms with Gasteiger partial charge in [-0.3, -0.25) is 4.98 Å². The molecule has 0 amide bonds. The van der Waals surface area contributed by atoms with Crippen LogP contribution in [0.4, 0.5) is 10.2 Å². The van der Waals surface area contributed by atoms with Crippen molar-refractivity contribution in [1.29, 1.82) is 5.26 Å². The van der Waals surface area contributed by atoms with E-state index in [1.165, 1.54) is 18.6 Å². The molecule has 0 aliphatic heterocycles. The fourth-order valence-corrected chi connectivity index (χ4v) is 3.93. The highest BCUT2D eigenvalue weighted by Gasteiger charge is 2.44. The number of methoxy groups -OCH3 is 1. The SMILES string of the molecule is COCCNC1CCC(Nc2cc(-c3cncc(OCC4(C#N)CC4)n3)c(F)cn2)CC1. The van der Waals surface area contributed by atoms with E-state index >= 15 is 0 Å². The van der Waals surface area contributed by atoms with E-state index < -0.39 is 11.2 Å². The number of ether oxygens (including phenoxy) is 2. The summed E-state index contributed by atoms with van der Waals surface area (Å²) >= 11 is 0. The molecule has 2 saturated carbocycles. The minimum atomic E-state index is -0.469. The summed E-state index contributed by atoms with van der Waals surface area (Å²) in [6, 6.07) is 4.75. The van der Waals surface area contributed by atoms with E-state index in [0.717, 1.165) is 51.7 Å². The zero-order chi connectivity index (χ0) is 22.4. The van der Waals surface area contributed by atoms with Gasteiger partial charge in [-0.15, -0.1) is 0 Å². The minimum absolute atomic E-state index is 0.274. The Morgan fingerprint density at radius 1 is 1.19 bits per heavy atom. The number of nitriles is 1. The second kappa shape index (κ2) is 10.2. The van der Waals surface area contributed by atoms with Gasteiger partial charge in [0.15, 0.2) is 5.82 Å². The maximum absolute atomic E-state index is 14.5. The monoisotopic (exact) mass is 440 g/mol. The lowest BCUT2D eigenvalue weighted by atomic mass is 9.91. The smallest absolute Gasteiger partial charge is 0.232 e. The predicted molar refractivity (Wildman–Crippen MR) is 118 cm³/mol. The fraction of sp³-hybridized carbons (Fsp3) is 0.565. The number of anilines is 1. The van der Waals surface area contributed by atoms with Gasteiger partial charge in [0.25, 0.3) is 0 Å². The molecule has 8 nitrogen and oxygen atoms in total. The molecule has 0 unspecified atom stereocenters. The molecule has 2 fully saturated rings. The molecule has 0 atom stereocenters. The van der Waals surface area contributed by atoms with Crippen LogP contribution in [0.3, 0.4) is 0 Å². The highest BCUT2D eigenvalue weighted by atomic mass is 19.1. The summed E-state index contributed by atoms with van der Waals surface area (Å²) in [6.07, 6.45) is 10.0. The first-order valence-electron chi connectivity index (χ1n) is 11.1. The first-order chi connectivity index (χ1) is 15.6. The van der Waals surface area contributed by atoms with Crippen LogP contribution in [0, 0.1) is 22.6 Å². The molecule has 2 aliphatic rings. The number of hydrogen-bond acceptors (Lipinski definition) is 8. The molecule has 0 radical (unpaired) electrons. The van der Waals surface area contributed by atoms with Gasteiger partial charge in [0.2, 0.25) is 5.88 Å². The van der Waals surface area contributed by atoms with Crippen molar-refractivity contribution in [2.75, 3.05) is 32.2 Å². The predicted octanol–water partition coefficient (Wildman–Crippen LogP) is 3.32. The summed E-state index contributed by atoms with van der Waals surface area (Å²) in [5, 5.41) is 16.1. The summed E-state index contributed by atoms with van der Waals surface area (Å²) in [7, 11) is 1.71. The third-order valence-corrected chi connectivity index (χ3v) is 6.15. The highest BCUT2D eigenvalue weighted by Crippen LogP contribution is 2.45. The van der Waals surface area contributed by atoms with Gasteiger partial charge in [0.05, 0.1) is 42.4 Å². The summed E-state index contributed by atoms with van der Waals surface area (Å²) in [5.74, 6) is 0.435. The van der Waals surface area contributed by atoms with Crippen LogP contribution in [0.15, 0.2) is 24.7 Å². The van der Waals surface area contributed by atoms with Crippen LogP contribution in [0.5, 0.6) is 5.88 Å². The Morgan fingerprint density at radius 3 is 2.69 bits per heavy atom. The van der Waals surface area contributed by atoms with E-state index in [0.29, 0.717) is 29.2 Å². The van der Waals surface area contributed by atoms with Crippen LogP contribution < -0.4 is 15.4 Å². The number of rotatable bonds is 10. The van der Waals surface area contributed by atoms with E-state index in [4.69, 9.17) is 9.47 Å². The third kappa shape index (κ3) is 5.69. The Kier molecular flexibility index (Phi) is 7.12. The topological polar surface area (TPSA) is 105 Å². The first kappa shape index (κ1) is 22.4. The number of hydrogen-bond donors (Lipinski definition) is 2. The van der Waals surface area contributed by atoms with Crippen LogP contribution in [-0.4, -0.2) is 53.9 Å². The minimum Gasteiger partial charge on any atom is -0.475 e. The Hall–Kier alpha value is -2.83. The number of pyridine rings is 1. The van der Waals surface area contributed by atoms with Gasteiger partial charge >= 0.3 is 0 Å². The van der Waals surface area contributed by atoms with E-state index in [-0.39, 0.29) is 12.5 Å². The van der Waals surface area contributed by atoms with E-state index in [2.05, 4.69) is 31.7 Å². The van der Waals surface area contributed by atoms with Crippen molar-refractivity contribution >= 4 is 5.82 Å².